The van der Waals surface area contributed by atoms with Crippen molar-refractivity contribution >= 4 is 22.8 Å². The van der Waals surface area contributed by atoms with E-state index in [0.717, 1.165) is 41.2 Å². The fourth-order valence-corrected chi connectivity index (χ4v) is 4.11. The number of anilines is 1. The van der Waals surface area contributed by atoms with Crippen molar-refractivity contribution in [2.75, 3.05) is 37.8 Å². The molecule has 1 aromatic carbocycles. The van der Waals surface area contributed by atoms with Gasteiger partial charge in [0.05, 0.1) is 31.2 Å². The van der Waals surface area contributed by atoms with Crippen molar-refractivity contribution in [3.8, 4) is 17.1 Å². The summed E-state index contributed by atoms with van der Waals surface area (Å²) in [4.78, 5) is 19.9. The average Bonchev–Trinajstić information content (AvgIpc) is 3.49. The summed E-state index contributed by atoms with van der Waals surface area (Å²) in [5, 5.41) is 4.77. The van der Waals surface area contributed by atoms with Crippen LogP contribution in [-0.4, -0.2) is 53.6 Å². The molecular formula is C27H32N4O4. The van der Waals surface area contributed by atoms with Crippen LogP contribution in [-0.2, 0) is 9.47 Å². The number of furan rings is 1. The molecule has 8 nitrogen and oxygen atoms in total. The monoisotopic (exact) mass is 476 g/mol. The van der Waals surface area contributed by atoms with Gasteiger partial charge < -0.3 is 18.8 Å². The zero-order valence-corrected chi connectivity index (χ0v) is 21.0. The van der Waals surface area contributed by atoms with E-state index < -0.39 is 5.97 Å². The van der Waals surface area contributed by atoms with Crippen molar-refractivity contribution < 1.29 is 18.7 Å². The molecule has 1 aliphatic rings. The lowest BCUT2D eigenvalue weighted by Crippen LogP contribution is -2.36. The van der Waals surface area contributed by atoms with Crippen LogP contribution in [0.3, 0.4) is 0 Å². The number of hydrogen-bond donors (Lipinski definition) is 0. The van der Waals surface area contributed by atoms with Gasteiger partial charge in [-0.05, 0) is 32.9 Å². The van der Waals surface area contributed by atoms with Crippen molar-refractivity contribution in [1.29, 1.82) is 0 Å². The highest BCUT2D eigenvalue weighted by atomic mass is 16.5. The molecule has 4 heterocycles. The molecule has 0 bridgehead atoms. The molecule has 0 amide bonds. The van der Waals surface area contributed by atoms with E-state index in [0.29, 0.717) is 35.9 Å². The highest BCUT2D eigenvalue weighted by Gasteiger charge is 2.23. The second-order valence-corrected chi connectivity index (χ2v) is 8.09. The summed E-state index contributed by atoms with van der Waals surface area (Å²) < 4.78 is 18.4. The van der Waals surface area contributed by atoms with Gasteiger partial charge in [0.25, 0.3) is 0 Å². The minimum Gasteiger partial charge on any atom is -0.461 e. The number of fused-ring (bicyclic) bond motifs is 1. The Bertz CT molecular complexity index is 1320. The van der Waals surface area contributed by atoms with E-state index >= 15 is 0 Å². The van der Waals surface area contributed by atoms with Crippen molar-refractivity contribution in [3.05, 3.63) is 59.5 Å². The zero-order chi connectivity index (χ0) is 24.9. The predicted octanol–water partition coefficient (Wildman–Crippen LogP) is 5.34. The highest BCUT2D eigenvalue weighted by molar-refractivity contribution is 5.91. The van der Waals surface area contributed by atoms with Gasteiger partial charge in [-0.2, -0.15) is 5.10 Å². The van der Waals surface area contributed by atoms with E-state index in [1.54, 1.807) is 17.7 Å². The Balaban J connectivity index is 0.00000141. The number of nitrogens with zero attached hydrogens (tertiary/aromatic N) is 4. The number of benzene rings is 1. The molecule has 1 saturated heterocycles. The van der Waals surface area contributed by atoms with Crippen LogP contribution in [0.15, 0.2) is 46.9 Å². The van der Waals surface area contributed by atoms with Gasteiger partial charge >= 0.3 is 5.97 Å². The van der Waals surface area contributed by atoms with Crippen molar-refractivity contribution in [2.45, 2.75) is 34.6 Å². The summed E-state index contributed by atoms with van der Waals surface area (Å²) in [6, 6.07) is 13.6. The first-order valence-corrected chi connectivity index (χ1v) is 12.1. The number of esters is 1. The van der Waals surface area contributed by atoms with Gasteiger partial charge in [-0.15, -0.1) is 0 Å². The highest BCUT2D eigenvalue weighted by Crippen LogP contribution is 2.32. The molecule has 3 aromatic heterocycles. The van der Waals surface area contributed by atoms with Gasteiger partial charge in [0.2, 0.25) is 0 Å². The van der Waals surface area contributed by atoms with Gasteiger partial charge in [-0.3, -0.25) is 0 Å². The Kier molecular flexibility index (Phi) is 7.51. The number of carbonyl (C=O) groups excluding carboxylic acids is 1. The Morgan fingerprint density at radius 3 is 2.57 bits per heavy atom. The van der Waals surface area contributed by atoms with Crippen LogP contribution in [0.2, 0.25) is 0 Å². The lowest BCUT2D eigenvalue weighted by Gasteiger charge is -2.29. The van der Waals surface area contributed by atoms with Gasteiger partial charge in [0.1, 0.15) is 11.3 Å². The smallest absolute Gasteiger partial charge is 0.357 e. The Morgan fingerprint density at radius 2 is 1.86 bits per heavy atom. The summed E-state index contributed by atoms with van der Waals surface area (Å²) in [5.41, 5.74) is 5.40. The second kappa shape index (κ2) is 10.7. The molecule has 0 N–H and O–H groups in total. The SMILES string of the molecule is CC.CCOC(=O)c1cc(-c2cccc(C)c2)nn1-c1cc(N2CCOCC2)c2oc(C)cc2n1. The predicted molar refractivity (Wildman–Crippen MR) is 136 cm³/mol. The van der Waals surface area contributed by atoms with Crippen molar-refractivity contribution in [2.24, 2.45) is 0 Å². The molecule has 184 valence electrons. The van der Waals surface area contributed by atoms with Gasteiger partial charge in [0.15, 0.2) is 17.1 Å². The van der Waals surface area contributed by atoms with E-state index in [4.69, 9.17) is 24.0 Å². The first-order chi connectivity index (χ1) is 17.0. The number of aromatic nitrogens is 3. The summed E-state index contributed by atoms with van der Waals surface area (Å²) >= 11 is 0. The minimum atomic E-state index is -0.443. The second-order valence-electron chi connectivity index (χ2n) is 8.09. The molecule has 0 atom stereocenters. The average molecular weight is 477 g/mol. The van der Waals surface area contributed by atoms with Gasteiger partial charge in [-0.1, -0.05) is 37.6 Å². The van der Waals surface area contributed by atoms with Crippen molar-refractivity contribution in [3.63, 3.8) is 0 Å². The first kappa shape index (κ1) is 24.5. The Labute approximate surface area is 205 Å². The molecule has 0 spiro atoms. The number of carbonyl (C=O) groups is 1. The van der Waals surface area contributed by atoms with Crippen LogP contribution in [0.25, 0.3) is 28.2 Å². The van der Waals surface area contributed by atoms with Gasteiger partial charge in [0, 0.05) is 30.8 Å². The van der Waals surface area contributed by atoms with Crippen LogP contribution in [0.5, 0.6) is 0 Å². The van der Waals surface area contributed by atoms with E-state index in [1.165, 1.54) is 0 Å². The van der Waals surface area contributed by atoms with Crippen molar-refractivity contribution in [1.82, 2.24) is 14.8 Å². The topological polar surface area (TPSA) is 82.6 Å². The number of hydrogen-bond acceptors (Lipinski definition) is 7. The molecule has 8 heteroatoms. The Morgan fingerprint density at radius 1 is 1.09 bits per heavy atom. The Hall–Kier alpha value is -3.65. The quantitative estimate of drug-likeness (QED) is 0.360. The standard InChI is InChI=1S/C25H26N4O4.C2H6/c1-4-32-25(30)22-14-19(18-7-5-6-16(2)12-18)27-29(22)23-15-21(28-8-10-31-11-9-28)24-20(26-23)13-17(3)33-24;1-2/h5-7,12-15H,4,8-11H2,1-3H3;1-2H3. The van der Waals surface area contributed by atoms with Gasteiger partial charge in [-0.25, -0.2) is 14.5 Å². The van der Waals surface area contributed by atoms with E-state index in [2.05, 4.69) is 4.90 Å². The normalized spacial score (nSPS) is 13.5. The van der Waals surface area contributed by atoms with Crippen LogP contribution in [0.1, 0.15) is 42.6 Å². The van der Waals surface area contributed by atoms with Crippen LogP contribution in [0, 0.1) is 13.8 Å². The molecule has 0 unspecified atom stereocenters. The third-order valence-electron chi connectivity index (χ3n) is 5.65. The molecule has 0 radical (unpaired) electrons. The number of morpholine rings is 1. The number of rotatable bonds is 5. The summed E-state index contributed by atoms with van der Waals surface area (Å²) in [7, 11) is 0. The van der Waals surface area contributed by atoms with E-state index in [-0.39, 0.29) is 6.61 Å². The molecular weight excluding hydrogens is 444 g/mol. The lowest BCUT2D eigenvalue weighted by molar-refractivity contribution is 0.0515. The van der Waals surface area contributed by atoms with E-state index in [1.807, 2.05) is 64.1 Å². The van der Waals surface area contributed by atoms with E-state index in [9.17, 15) is 4.79 Å². The maximum absolute atomic E-state index is 12.8. The zero-order valence-electron chi connectivity index (χ0n) is 21.0. The number of ether oxygens (including phenoxy) is 2. The van der Waals surface area contributed by atoms with Crippen LogP contribution in [0.4, 0.5) is 5.69 Å². The molecule has 4 aromatic rings. The molecule has 5 rings (SSSR count). The molecule has 1 aliphatic heterocycles. The third kappa shape index (κ3) is 5.07. The maximum Gasteiger partial charge on any atom is 0.357 e. The fourth-order valence-electron chi connectivity index (χ4n) is 4.11. The molecule has 1 fully saturated rings. The number of pyridine rings is 1. The summed E-state index contributed by atoms with van der Waals surface area (Å²) in [6.45, 7) is 12.8. The third-order valence-corrected chi connectivity index (χ3v) is 5.65. The lowest BCUT2D eigenvalue weighted by atomic mass is 10.1. The van der Waals surface area contributed by atoms with Crippen LogP contribution < -0.4 is 4.90 Å². The maximum atomic E-state index is 12.8. The molecule has 0 aliphatic carbocycles. The van der Waals surface area contributed by atoms with Crippen LogP contribution >= 0.6 is 0 Å². The summed E-state index contributed by atoms with van der Waals surface area (Å²) in [6.07, 6.45) is 0. The fraction of sp³-hybridized carbons (Fsp3) is 0.370. The first-order valence-electron chi connectivity index (χ1n) is 12.1. The molecule has 35 heavy (non-hydrogen) atoms. The molecule has 0 saturated carbocycles. The largest absolute Gasteiger partial charge is 0.461 e. The number of aryl methyl sites for hydroxylation is 2. The summed E-state index contributed by atoms with van der Waals surface area (Å²) in [5.74, 6) is 0.865. The minimum absolute atomic E-state index is 0.274.